The van der Waals surface area contributed by atoms with Crippen LogP contribution in [0.5, 0.6) is 0 Å². The van der Waals surface area contributed by atoms with Crippen LogP contribution in [0.3, 0.4) is 0 Å². The van der Waals surface area contributed by atoms with Gasteiger partial charge in [0.15, 0.2) is 0 Å². The molecule has 8 heteroatoms. The summed E-state index contributed by atoms with van der Waals surface area (Å²) < 4.78 is 0. The second-order valence-corrected chi connectivity index (χ2v) is 17.2. The number of halogens is 1. The number of rotatable bonds is 15. The zero-order valence-electron chi connectivity index (χ0n) is 39.8. The van der Waals surface area contributed by atoms with Crippen molar-refractivity contribution in [3.05, 3.63) is 257 Å². The van der Waals surface area contributed by atoms with E-state index in [1.807, 2.05) is 80.4 Å². The molecule has 0 saturated heterocycles. The summed E-state index contributed by atoms with van der Waals surface area (Å²) in [4.78, 5) is 27.0. The number of nitrogens with zero attached hydrogens (tertiary/aromatic N) is 2. The Morgan fingerprint density at radius 1 is 0.439 bits per heavy atom. The molecular weight excluding hydrogens is 893 g/mol. The Morgan fingerprint density at radius 3 is 1.06 bits per heavy atom. The van der Waals surface area contributed by atoms with E-state index < -0.39 is 11.6 Å². The van der Waals surface area contributed by atoms with Crippen LogP contribution in [0, 0.1) is 0 Å². The summed E-state index contributed by atoms with van der Waals surface area (Å²) in [7, 11) is 0. The van der Waals surface area contributed by atoms with Crippen LogP contribution in [0.2, 0.25) is 0 Å². The van der Waals surface area contributed by atoms with E-state index in [0.29, 0.717) is 5.56 Å². The van der Waals surface area contributed by atoms with Gasteiger partial charge in [-0.25, -0.2) is 4.79 Å². The largest absolute Gasteiger partial charge is 2.00 e. The summed E-state index contributed by atoms with van der Waals surface area (Å²) in [5, 5.41) is 6.54. The molecule has 0 atom stereocenters. The number of aryl methyl sites for hydroxylation is 2. The predicted octanol–water partition coefficient (Wildman–Crippen LogP) is 11.2. The SMILES string of the molecule is CC(C)(C)ON(Cc1ccccc1)Cc1ccccc1.CC(C)(C)OOC(=O)c1ccccc1.[Br-].[Mg+2].c1ccc(CCCc2ccccc2)cc1.c1ccc(C[N-]Cc2ccccc2)cc1. The number of hydroxylamine groups is 2. The topological polar surface area (TPSA) is 62.1 Å². The average molecular weight is 960 g/mol. The molecule has 66 heavy (non-hydrogen) atoms. The van der Waals surface area contributed by atoms with Gasteiger partial charge in [-0.1, -0.05) is 211 Å². The number of hydrogen-bond donors (Lipinski definition) is 0. The summed E-state index contributed by atoms with van der Waals surface area (Å²) in [6.07, 6.45) is 3.58. The van der Waals surface area contributed by atoms with Gasteiger partial charge in [-0.15, -0.1) is 13.1 Å². The standard InChI is InChI=1S/C18H23NO.C15H16.C14H14N.C11H14O3.BrH.Mg/c1-18(2,3)20-19(14-16-10-6-4-7-11-16)15-17-12-8-5-9-13-17;1-3-8-14(9-4-1)12-7-13-15-10-5-2-6-11-15;1-3-7-13(8-4-1)11-15-12-14-9-5-2-6-10-14;1-11(2,3)14-13-10(12)9-7-5-4-6-8-9;;/h4-13H,14-15H2,1-3H3;1-6,8-11H,7,12-13H2;1-10H,11-12H2;4-8H,1-3H3;1H;/q;;-1;;;+2/p-1. The molecule has 0 N–H and O–H groups in total. The number of benzene rings is 7. The second kappa shape index (κ2) is 32.7. The Morgan fingerprint density at radius 2 is 0.742 bits per heavy atom. The van der Waals surface area contributed by atoms with Crippen molar-refractivity contribution in [2.75, 3.05) is 0 Å². The maximum Gasteiger partial charge on any atom is 2.00 e. The summed E-state index contributed by atoms with van der Waals surface area (Å²) >= 11 is 0. The van der Waals surface area contributed by atoms with Crippen molar-refractivity contribution in [1.82, 2.24) is 5.06 Å². The van der Waals surface area contributed by atoms with Crippen LogP contribution in [-0.4, -0.2) is 45.3 Å². The van der Waals surface area contributed by atoms with Crippen molar-refractivity contribution < 1.29 is 36.4 Å². The van der Waals surface area contributed by atoms with Crippen molar-refractivity contribution in [2.24, 2.45) is 0 Å². The monoisotopic (exact) mass is 958 g/mol. The first-order valence-corrected chi connectivity index (χ1v) is 22.2. The molecular formula is C58H67BrMgN2O4. The van der Waals surface area contributed by atoms with Crippen molar-refractivity contribution >= 4 is 29.0 Å². The third-order valence-corrected chi connectivity index (χ3v) is 9.07. The molecule has 0 fully saturated rings. The van der Waals surface area contributed by atoms with Crippen molar-refractivity contribution in [2.45, 2.75) is 98.2 Å². The first-order chi connectivity index (χ1) is 30.9. The molecule has 342 valence electrons. The van der Waals surface area contributed by atoms with Crippen LogP contribution in [-0.2, 0) is 53.6 Å². The molecule has 7 rings (SSSR count). The fourth-order valence-corrected chi connectivity index (χ4v) is 6.13. The van der Waals surface area contributed by atoms with Gasteiger partial charge >= 0.3 is 29.0 Å². The molecule has 7 aromatic carbocycles. The molecule has 0 heterocycles. The van der Waals surface area contributed by atoms with E-state index in [-0.39, 0.29) is 45.6 Å². The van der Waals surface area contributed by atoms with Gasteiger partial charge < -0.3 is 22.3 Å². The number of carbonyl (C=O) groups is 1. The smallest absolute Gasteiger partial charge is 1.00 e. The van der Waals surface area contributed by atoms with Gasteiger partial charge in [0.25, 0.3) is 0 Å². The van der Waals surface area contributed by atoms with Crippen LogP contribution >= 0.6 is 0 Å². The first-order valence-electron chi connectivity index (χ1n) is 22.2. The molecule has 0 radical (unpaired) electrons. The van der Waals surface area contributed by atoms with E-state index >= 15 is 0 Å². The van der Waals surface area contributed by atoms with E-state index in [2.05, 4.69) is 164 Å². The normalized spacial score (nSPS) is 10.5. The zero-order chi connectivity index (χ0) is 45.7. The first kappa shape index (κ1) is 57.2. The molecule has 7 aromatic rings. The number of carbonyl (C=O) groups excluding carboxylic acids is 1. The van der Waals surface area contributed by atoms with Crippen LogP contribution in [0.1, 0.15) is 91.7 Å². The van der Waals surface area contributed by atoms with Gasteiger partial charge in [-0.3, -0.25) is 9.73 Å². The Labute approximate surface area is 422 Å². The fourth-order valence-electron chi connectivity index (χ4n) is 6.13. The van der Waals surface area contributed by atoms with Crippen LogP contribution in [0.4, 0.5) is 0 Å². The van der Waals surface area contributed by atoms with E-state index in [1.165, 1.54) is 52.6 Å². The molecule has 0 aliphatic heterocycles. The molecule has 0 bridgehead atoms. The third-order valence-electron chi connectivity index (χ3n) is 9.07. The molecule has 0 aromatic heterocycles. The van der Waals surface area contributed by atoms with Crippen LogP contribution < -0.4 is 17.0 Å². The van der Waals surface area contributed by atoms with E-state index in [4.69, 9.17) is 9.73 Å². The summed E-state index contributed by atoms with van der Waals surface area (Å²) in [5.74, 6) is -0.472. The molecule has 0 unspecified atom stereocenters. The second-order valence-electron chi connectivity index (χ2n) is 17.2. The number of hydrogen-bond acceptors (Lipinski definition) is 5. The van der Waals surface area contributed by atoms with Crippen molar-refractivity contribution in [1.29, 1.82) is 0 Å². The van der Waals surface area contributed by atoms with Crippen molar-refractivity contribution in [3.8, 4) is 0 Å². The Bertz CT molecular complexity index is 2020. The molecule has 0 aliphatic rings. The van der Waals surface area contributed by atoms with Gasteiger partial charge in [0, 0.05) is 13.1 Å². The average Bonchev–Trinajstić information content (AvgIpc) is 3.30. The fraction of sp³-hybridized carbons (Fsp3) is 0.259. The van der Waals surface area contributed by atoms with E-state index in [9.17, 15) is 4.79 Å². The Hall–Kier alpha value is -4.90. The van der Waals surface area contributed by atoms with Gasteiger partial charge in [-0.2, -0.15) is 9.95 Å². The maximum absolute atomic E-state index is 11.3. The molecule has 0 amide bonds. The van der Waals surface area contributed by atoms with Crippen LogP contribution in [0.25, 0.3) is 5.32 Å². The molecule has 0 saturated carbocycles. The molecule has 0 spiro atoms. The third kappa shape index (κ3) is 26.9. The summed E-state index contributed by atoms with van der Waals surface area (Å²) in [6.45, 7) is 14.8. The van der Waals surface area contributed by atoms with Gasteiger partial charge in [0.2, 0.25) is 0 Å². The Balaban J connectivity index is 0.000000302. The summed E-state index contributed by atoms with van der Waals surface area (Å²) in [6, 6.07) is 71.6. The van der Waals surface area contributed by atoms with Gasteiger partial charge in [0.05, 0.1) is 11.2 Å². The molecule has 6 nitrogen and oxygen atoms in total. The van der Waals surface area contributed by atoms with Crippen LogP contribution in [0.15, 0.2) is 212 Å². The predicted molar refractivity (Wildman–Crippen MR) is 270 cm³/mol. The quantitative estimate of drug-likeness (QED) is 0.0582. The minimum Gasteiger partial charge on any atom is -1.00 e. The van der Waals surface area contributed by atoms with Crippen molar-refractivity contribution in [3.63, 3.8) is 0 Å². The van der Waals surface area contributed by atoms with Gasteiger partial charge in [-0.05, 0) is 95.2 Å². The Kier molecular flexibility index (Phi) is 28.4. The van der Waals surface area contributed by atoms with E-state index in [1.54, 1.807) is 24.3 Å². The minimum absolute atomic E-state index is 0. The minimum atomic E-state index is -0.482. The summed E-state index contributed by atoms with van der Waals surface area (Å²) in [5.41, 5.74) is 7.74. The van der Waals surface area contributed by atoms with E-state index in [0.717, 1.165) is 26.2 Å². The van der Waals surface area contributed by atoms with Gasteiger partial charge in [0.1, 0.15) is 5.60 Å². The maximum atomic E-state index is 11.3. The zero-order valence-corrected chi connectivity index (χ0v) is 42.8. The molecule has 0 aliphatic carbocycles.